The van der Waals surface area contributed by atoms with Crippen molar-refractivity contribution in [3.63, 3.8) is 0 Å². The smallest absolute Gasteiger partial charge is 0.170 e. The maximum atomic E-state index is 13.3. The Labute approximate surface area is 98.9 Å². The van der Waals surface area contributed by atoms with Gasteiger partial charge in [-0.2, -0.15) is 0 Å². The van der Waals surface area contributed by atoms with Gasteiger partial charge in [-0.05, 0) is 42.5 Å². The van der Waals surface area contributed by atoms with Crippen LogP contribution in [0.2, 0.25) is 0 Å². The molecule has 1 aliphatic rings. The molecule has 92 valence electrons. The number of rotatable bonds is 5. The second-order valence-electron chi connectivity index (χ2n) is 4.29. The molecule has 0 bridgehead atoms. The molecule has 0 amide bonds. The van der Waals surface area contributed by atoms with Crippen molar-refractivity contribution >= 4 is 5.84 Å². The first-order chi connectivity index (χ1) is 8.19. The molecule has 0 atom stereocenters. The van der Waals surface area contributed by atoms with Crippen LogP contribution in [0.1, 0.15) is 24.0 Å². The molecule has 17 heavy (non-hydrogen) atoms. The van der Waals surface area contributed by atoms with Crippen LogP contribution < -0.4 is 5.73 Å². The largest absolute Gasteiger partial charge is 0.409 e. The molecule has 1 aromatic carbocycles. The van der Waals surface area contributed by atoms with E-state index in [0.717, 1.165) is 6.61 Å². The Morgan fingerprint density at radius 3 is 2.88 bits per heavy atom. The van der Waals surface area contributed by atoms with E-state index in [0.29, 0.717) is 23.7 Å². The fourth-order valence-corrected chi connectivity index (χ4v) is 1.57. The van der Waals surface area contributed by atoms with Crippen molar-refractivity contribution < 1.29 is 14.3 Å². The average molecular weight is 238 g/mol. The second kappa shape index (κ2) is 5.14. The predicted octanol–water partition coefficient (Wildman–Crippen LogP) is 1.85. The van der Waals surface area contributed by atoms with Gasteiger partial charge in [-0.3, -0.25) is 0 Å². The summed E-state index contributed by atoms with van der Waals surface area (Å²) < 4.78 is 18.7. The number of ether oxygens (including phenoxy) is 1. The zero-order valence-corrected chi connectivity index (χ0v) is 9.40. The third-order valence-corrected chi connectivity index (χ3v) is 2.68. The molecule has 1 fully saturated rings. The SMILES string of the molecule is N/C(=N/O)c1cc(F)cc(COCC2CC2)c1. The van der Waals surface area contributed by atoms with Crippen molar-refractivity contribution in [1.29, 1.82) is 0 Å². The molecular formula is C12H15FN2O2. The highest BCUT2D eigenvalue weighted by molar-refractivity contribution is 5.97. The zero-order chi connectivity index (χ0) is 12.3. The standard InChI is InChI=1S/C12H15FN2O2/c13-11-4-9(7-17-6-8-1-2-8)3-10(5-11)12(14)15-16/h3-5,8,16H,1-2,6-7H2,(H2,14,15). The van der Waals surface area contributed by atoms with E-state index in [1.807, 2.05) is 0 Å². The molecular weight excluding hydrogens is 223 g/mol. The Morgan fingerprint density at radius 1 is 1.47 bits per heavy atom. The van der Waals surface area contributed by atoms with Crippen LogP contribution in [0.25, 0.3) is 0 Å². The van der Waals surface area contributed by atoms with Crippen molar-refractivity contribution in [2.24, 2.45) is 16.8 Å². The van der Waals surface area contributed by atoms with E-state index < -0.39 is 5.82 Å². The first-order valence-corrected chi connectivity index (χ1v) is 5.54. The van der Waals surface area contributed by atoms with Crippen LogP contribution in [0.15, 0.2) is 23.4 Å². The highest BCUT2D eigenvalue weighted by Crippen LogP contribution is 2.29. The molecule has 0 radical (unpaired) electrons. The summed E-state index contributed by atoms with van der Waals surface area (Å²) in [5.74, 6) is 0.152. The molecule has 0 spiro atoms. The van der Waals surface area contributed by atoms with Crippen molar-refractivity contribution in [3.05, 3.63) is 35.1 Å². The van der Waals surface area contributed by atoms with Crippen molar-refractivity contribution in [3.8, 4) is 0 Å². The molecule has 0 heterocycles. The molecule has 3 N–H and O–H groups in total. The summed E-state index contributed by atoms with van der Waals surface area (Å²) in [6.07, 6.45) is 2.44. The minimum Gasteiger partial charge on any atom is -0.409 e. The second-order valence-corrected chi connectivity index (χ2v) is 4.29. The topological polar surface area (TPSA) is 67.8 Å². The summed E-state index contributed by atoms with van der Waals surface area (Å²) in [6.45, 7) is 1.06. The molecule has 5 heteroatoms. The van der Waals surface area contributed by atoms with Crippen LogP contribution in [0.5, 0.6) is 0 Å². The Morgan fingerprint density at radius 2 is 2.24 bits per heavy atom. The van der Waals surface area contributed by atoms with E-state index in [2.05, 4.69) is 5.16 Å². The van der Waals surface area contributed by atoms with Crippen molar-refractivity contribution in [1.82, 2.24) is 0 Å². The number of benzene rings is 1. The number of hydrogen-bond donors (Lipinski definition) is 2. The highest BCUT2D eigenvalue weighted by atomic mass is 19.1. The van der Waals surface area contributed by atoms with Crippen LogP contribution in [-0.4, -0.2) is 17.6 Å². The summed E-state index contributed by atoms with van der Waals surface area (Å²) in [5, 5.41) is 11.4. The van der Waals surface area contributed by atoms with Crippen LogP contribution in [-0.2, 0) is 11.3 Å². The maximum absolute atomic E-state index is 13.3. The molecule has 1 saturated carbocycles. The average Bonchev–Trinajstić information content (AvgIpc) is 3.11. The van der Waals surface area contributed by atoms with Gasteiger partial charge in [0.1, 0.15) is 5.82 Å². The van der Waals surface area contributed by atoms with Crippen LogP contribution in [0.3, 0.4) is 0 Å². The first-order valence-electron chi connectivity index (χ1n) is 5.54. The van der Waals surface area contributed by atoms with Gasteiger partial charge in [0.15, 0.2) is 5.84 Å². The number of nitrogens with zero attached hydrogens (tertiary/aromatic N) is 1. The Kier molecular flexibility index (Phi) is 3.58. The molecule has 1 aliphatic carbocycles. The van der Waals surface area contributed by atoms with E-state index in [1.165, 1.54) is 25.0 Å². The quantitative estimate of drug-likeness (QED) is 0.356. The van der Waals surface area contributed by atoms with E-state index in [9.17, 15) is 4.39 Å². The molecule has 0 aromatic heterocycles. The van der Waals surface area contributed by atoms with Gasteiger partial charge < -0.3 is 15.7 Å². The van der Waals surface area contributed by atoms with Gasteiger partial charge in [0.2, 0.25) is 0 Å². The van der Waals surface area contributed by atoms with Gasteiger partial charge in [-0.1, -0.05) is 5.16 Å². The predicted molar refractivity (Wildman–Crippen MR) is 61.3 cm³/mol. The third-order valence-electron chi connectivity index (χ3n) is 2.68. The lowest BCUT2D eigenvalue weighted by Gasteiger charge is -2.06. The summed E-state index contributed by atoms with van der Waals surface area (Å²) >= 11 is 0. The fourth-order valence-electron chi connectivity index (χ4n) is 1.57. The van der Waals surface area contributed by atoms with Gasteiger partial charge in [0, 0.05) is 12.2 Å². The Balaban J connectivity index is 2.02. The summed E-state index contributed by atoms with van der Waals surface area (Å²) in [4.78, 5) is 0. The van der Waals surface area contributed by atoms with E-state index >= 15 is 0 Å². The maximum Gasteiger partial charge on any atom is 0.170 e. The number of nitrogens with two attached hydrogens (primary N) is 1. The number of oxime groups is 1. The molecule has 2 rings (SSSR count). The lowest BCUT2D eigenvalue weighted by Crippen LogP contribution is -2.14. The van der Waals surface area contributed by atoms with Crippen LogP contribution in [0.4, 0.5) is 4.39 Å². The van der Waals surface area contributed by atoms with Gasteiger partial charge in [0.05, 0.1) is 6.61 Å². The van der Waals surface area contributed by atoms with Gasteiger partial charge >= 0.3 is 0 Å². The monoisotopic (exact) mass is 238 g/mol. The van der Waals surface area contributed by atoms with E-state index in [4.69, 9.17) is 15.7 Å². The van der Waals surface area contributed by atoms with E-state index in [-0.39, 0.29) is 5.84 Å². The lowest BCUT2D eigenvalue weighted by atomic mass is 10.1. The van der Waals surface area contributed by atoms with Crippen LogP contribution >= 0.6 is 0 Å². The molecule has 0 aliphatic heterocycles. The summed E-state index contributed by atoms with van der Waals surface area (Å²) in [6, 6.07) is 4.27. The van der Waals surface area contributed by atoms with Crippen molar-refractivity contribution in [2.75, 3.05) is 6.61 Å². The third kappa shape index (κ3) is 3.42. The molecule has 4 nitrogen and oxygen atoms in total. The summed E-state index contributed by atoms with van der Waals surface area (Å²) in [7, 11) is 0. The number of amidine groups is 1. The molecule has 0 unspecified atom stereocenters. The fraction of sp³-hybridized carbons (Fsp3) is 0.417. The molecule has 0 saturated heterocycles. The minimum atomic E-state index is -0.417. The number of halogens is 1. The van der Waals surface area contributed by atoms with Crippen molar-refractivity contribution in [2.45, 2.75) is 19.4 Å². The zero-order valence-electron chi connectivity index (χ0n) is 9.40. The van der Waals surface area contributed by atoms with Crippen LogP contribution in [0, 0.1) is 11.7 Å². The minimum absolute atomic E-state index is 0.104. The Bertz CT molecular complexity index is 431. The molecule has 1 aromatic rings. The highest BCUT2D eigenvalue weighted by Gasteiger charge is 2.21. The van der Waals surface area contributed by atoms with Gasteiger partial charge in [-0.25, -0.2) is 4.39 Å². The summed E-state index contributed by atoms with van der Waals surface area (Å²) in [5.41, 5.74) is 6.46. The van der Waals surface area contributed by atoms with Gasteiger partial charge in [0.25, 0.3) is 0 Å². The Hall–Kier alpha value is -1.62. The number of hydrogen-bond acceptors (Lipinski definition) is 3. The van der Waals surface area contributed by atoms with E-state index in [1.54, 1.807) is 6.07 Å². The normalized spacial score (nSPS) is 16.2. The lowest BCUT2D eigenvalue weighted by molar-refractivity contribution is 0.111. The first kappa shape index (κ1) is 11.9. The van der Waals surface area contributed by atoms with Gasteiger partial charge in [-0.15, -0.1) is 0 Å².